The Morgan fingerprint density at radius 1 is 1.50 bits per heavy atom. The fraction of sp³-hybridized carbons (Fsp3) is 0.429. The van der Waals surface area contributed by atoms with E-state index in [4.69, 9.17) is 10.5 Å². The largest absolute Gasteiger partial charge is 0.494 e. The van der Waals surface area contributed by atoms with Crippen molar-refractivity contribution in [2.24, 2.45) is 5.73 Å². The van der Waals surface area contributed by atoms with E-state index in [1.165, 1.54) is 19.2 Å². The number of aromatic nitrogens is 3. The van der Waals surface area contributed by atoms with Gasteiger partial charge >= 0.3 is 0 Å². The highest BCUT2D eigenvalue weighted by molar-refractivity contribution is 5.54. The number of ether oxygens (including phenoxy) is 1. The lowest BCUT2D eigenvalue weighted by atomic mass is 9.82. The average Bonchev–Trinajstić information content (AvgIpc) is 2.88. The van der Waals surface area contributed by atoms with Crippen molar-refractivity contribution in [3.05, 3.63) is 39.7 Å². The van der Waals surface area contributed by atoms with Gasteiger partial charge in [0.2, 0.25) is 0 Å². The Hall–Kier alpha value is -2.48. The summed E-state index contributed by atoms with van der Waals surface area (Å²) in [6.45, 7) is 0.295. The maximum atomic E-state index is 11.0. The second-order valence-electron chi connectivity index (χ2n) is 5.28. The number of nitro benzene ring substituents is 1. The van der Waals surface area contributed by atoms with Crippen molar-refractivity contribution in [2.45, 2.75) is 31.7 Å². The van der Waals surface area contributed by atoms with Crippen molar-refractivity contribution in [3.8, 4) is 11.4 Å². The number of rotatable bonds is 5. The molecule has 1 heterocycles. The van der Waals surface area contributed by atoms with Gasteiger partial charge in [0.1, 0.15) is 17.1 Å². The van der Waals surface area contributed by atoms with E-state index < -0.39 is 4.92 Å². The number of methoxy groups -OCH3 is 1. The number of nitrogens with two attached hydrogens (primary N) is 1. The van der Waals surface area contributed by atoms with Gasteiger partial charge in [-0.2, -0.15) is 0 Å². The highest BCUT2D eigenvalue weighted by atomic mass is 16.6. The van der Waals surface area contributed by atoms with Gasteiger partial charge in [0.25, 0.3) is 5.69 Å². The molecule has 0 atom stereocenters. The minimum atomic E-state index is -0.438. The molecule has 22 heavy (non-hydrogen) atoms. The van der Waals surface area contributed by atoms with E-state index in [0.717, 1.165) is 30.7 Å². The third-order valence-corrected chi connectivity index (χ3v) is 4.07. The van der Waals surface area contributed by atoms with Crippen molar-refractivity contribution >= 4 is 5.69 Å². The molecule has 0 spiro atoms. The zero-order chi connectivity index (χ0) is 15.7. The molecule has 2 aromatic rings. The SMILES string of the molecule is COc1ccc([N+](=O)[O-])cc1-n1nnc(CN)c1C1CCC1. The summed E-state index contributed by atoms with van der Waals surface area (Å²) < 4.78 is 6.96. The average molecular weight is 303 g/mol. The minimum Gasteiger partial charge on any atom is -0.494 e. The number of nitro groups is 1. The highest BCUT2D eigenvalue weighted by Crippen LogP contribution is 2.39. The molecule has 1 saturated carbocycles. The Morgan fingerprint density at radius 2 is 2.27 bits per heavy atom. The maximum Gasteiger partial charge on any atom is 0.271 e. The van der Waals surface area contributed by atoms with Gasteiger partial charge in [-0.05, 0) is 18.9 Å². The zero-order valence-corrected chi connectivity index (χ0v) is 12.2. The Kier molecular flexibility index (Phi) is 3.76. The molecule has 2 N–H and O–H groups in total. The van der Waals surface area contributed by atoms with Crippen LogP contribution in [-0.4, -0.2) is 27.0 Å². The van der Waals surface area contributed by atoms with Crippen LogP contribution in [-0.2, 0) is 6.54 Å². The molecule has 0 unspecified atom stereocenters. The van der Waals surface area contributed by atoms with Crippen LogP contribution >= 0.6 is 0 Å². The van der Waals surface area contributed by atoms with E-state index in [0.29, 0.717) is 23.9 Å². The van der Waals surface area contributed by atoms with Gasteiger partial charge in [-0.3, -0.25) is 10.1 Å². The van der Waals surface area contributed by atoms with E-state index in [2.05, 4.69) is 10.3 Å². The van der Waals surface area contributed by atoms with E-state index in [1.54, 1.807) is 10.7 Å². The zero-order valence-electron chi connectivity index (χ0n) is 12.2. The standard InChI is InChI=1S/C14H17N5O3/c1-22-13-6-5-10(19(20)21)7-12(13)18-14(9-3-2-4-9)11(8-15)16-17-18/h5-7,9H,2-4,8,15H2,1H3. The summed E-state index contributed by atoms with van der Waals surface area (Å²) in [7, 11) is 1.52. The van der Waals surface area contributed by atoms with Crippen LogP contribution in [0.5, 0.6) is 5.75 Å². The van der Waals surface area contributed by atoms with Crippen molar-refractivity contribution in [1.29, 1.82) is 0 Å². The van der Waals surface area contributed by atoms with Gasteiger partial charge in [0, 0.05) is 24.6 Å². The first-order chi connectivity index (χ1) is 10.7. The van der Waals surface area contributed by atoms with Crippen molar-refractivity contribution in [1.82, 2.24) is 15.0 Å². The first-order valence-electron chi connectivity index (χ1n) is 7.13. The van der Waals surface area contributed by atoms with Crippen molar-refractivity contribution in [3.63, 3.8) is 0 Å². The summed E-state index contributed by atoms with van der Waals surface area (Å²) in [5.74, 6) is 0.858. The van der Waals surface area contributed by atoms with Gasteiger partial charge in [0.15, 0.2) is 0 Å². The number of hydrogen-bond acceptors (Lipinski definition) is 6. The van der Waals surface area contributed by atoms with Crippen LogP contribution in [0.25, 0.3) is 5.69 Å². The van der Waals surface area contributed by atoms with Crippen LogP contribution < -0.4 is 10.5 Å². The summed E-state index contributed by atoms with van der Waals surface area (Å²) in [6, 6.07) is 4.43. The lowest BCUT2D eigenvalue weighted by Crippen LogP contribution is -2.17. The number of nitrogens with zero attached hydrogens (tertiary/aromatic N) is 4. The summed E-state index contributed by atoms with van der Waals surface area (Å²) in [6.07, 6.45) is 3.27. The number of non-ortho nitro benzene ring substituents is 1. The fourth-order valence-corrected chi connectivity index (χ4v) is 2.69. The summed E-state index contributed by atoms with van der Waals surface area (Å²) >= 11 is 0. The second-order valence-corrected chi connectivity index (χ2v) is 5.28. The summed E-state index contributed by atoms with van der Waals surface area (Å²) in [4.78, 5) is 10.6. The van der Waals surface area contributed by atoms with Crippen LogP contribution in [0.15, 0.2) is 18.2 Å². The van der Waals surface area contributed by atoms with Crippen LogP contribution in [0.2, 0.25) is 0 Å². The topological polar surface area (TPSA) is 109 Å². The third kappa shape index (κ3) is 2.31. The number of hydrogen-bond donors (Lipinski definition) is 1. The normalized spacial score (nSPS) is 14.6. The lowest BCUT2D eigenvalue weighted by Gasteiger charge is -2.26. The molecular formula is C14H17N5O3. The predicted octanol–water partition coefficient (Wildman–Crippen LogP) is 1.91. The molecule has 1 aromatic heterocycles. The molecular weight excluding hydrogens is 286 g/mol. The molecule has 0 aliphatic heterocycles. The molecule has 1 aliphatic carbocycles. The molecule has 8 nitrogen and oxygen atoms in total. The van der Waals surface area contributed by atoms with E-state index >= 15 is 0 Å². The monoisotopic (exact) mass is 303 g/mol. The Bertz CT molecular complexity index is 708. The quantitative estimate of drug-likeness (QED) is 0.667. The van der Waals surface area contributed by atoms with Gasteiger partial charge in [0.05, 0.1) is 17.7 Å². The Labute approximate surface area is 127 Å². The molecule has 3 rings (SSSR count). The summed E-state index contributed by atoms with van der Waals surface area (Å²) in [5.41, 5.74) is 7.93. The van der Waals surface area contributed by atoms with Gasteiger partial charge in [-0.25, -0.2) is 4.68 Å². The van der Waals surface area contributed by atoms with Crippen molar-refractivity contribution < 1.29 is 9.66 Å². The van der Waals surface area contributed by atoms with Crippen LogP contribution in [0, 0.1) is 10.1 Å². The molecule has 0 amide bonds. The van der Waals surface area contributed by atoms with Gasteiger partial charge < -0.3 is 10.5 Å². The Morgan fingerprint density at radius 3 is 2.82 bits per heavy atom. The minimum absolute atomic E-state index is 0.0137. The smallest absolute Gasteiger partial charge is 0.271 e. The Balaban J connectivity index is 2.16. The van der Waals surface area contributed by atoms with E-state index in [-0.39, 0.29) is 5.69 Å². The third-order valence-electron chi connectivity index (χ3n) is 4.07. The van der Waals surface area contributed by atoms with Crippen molar-refractivity contribution in [2.75, 3.05) is 7.11 Å². The molecule has 0 bridgehead atoms. The van der Waals surface area contributed by atoms with E-state index in [1.807, 2.05) is 0 Å². The van der Waals surface area contributed by atoms with E-state index in [9.17, 15) is 10.1 Å². The second kappa shape index (κ2) is 5.72. The first-order valence-corrected chi connectivity index (χ1v) is 7.13. The molecule has 0 saturated heterocycles. The molecule has 1 aliphatic rings. The van der Waals surface area contributed by atoms with Gasteiger partial charge in [-0.1, -0.05) is 11.6 Å². The van der Waals surface area contributed by atoms with Crippen LogP contribution in [0.3, 0.4) is 0 Å². The molecule has 8 heteroatoms. The van der Waals surface area contributed by atoms with Crippen LogP contribution in [0.4, 0.5) is 5.69 Å². The highest BCUT2D eigenvalue weighted by Gasteiger charge is 2.29. The fourth-order valence-electron chi connectivity index (χ4n) is 2.69. The lowest BCUT2D eigenvalue weighted by molar-refractivity contribution is -0.384. The molecule has 1 aromatic carbocycles. The maximum absolute atomic E-state index is 11.0. The molecule has 116 valence electrons. The summed E-state index contributed by atoms with van der Waals surface area (Å²) in [5, 5.41) is 19.3. The predicted molar refractivity (Wildman–Crippen MR) is 79.0 cm³/mol. The first kappa shape index (κ1) is 14.5. The molecule has 1 fully saturated rings. The van der Waals surface area contributed by atoms with Crippen LogP contribution in [0.1, 0.15) is 36.6 Å². The number of benzene rings is 1. The van der Waals surface area contributed by atoms with Gasteiger partial charge in [-0.15, -0.1) is 5.10 Å². The molecule has 0 radical (unpaired) electrons.